The maximum atomic E-state index is 12.7. The van der Waals surface area contributed by atoms with Gasteiger partial charge in [-0.2, -0.15) is 23.5 Å². The highest BCUT2D eigenvalue weighted by Gasteiger charge is 2.27. The molecule has 0 fully saturated rings. The van der Waals surface area contributed by atoms with Gasteiger partial charge in [0.2, 0.25) is 0 Å². The van der Waals surface area contributed by atoms with Crippen LogP contribution in [-0.4, -0.2) is 63.9 Å². The number of nitrogens with one attached hydrogen (secondary N) is 2. The fraction of sp³-hybridized carbons (Fsp3) is 0.348. The summed E-state index contributed by atoms with van der Waals surface area (Å²) in [6.07, 6.45) is 4.10. The predicted molar refractivity (Wildman–Crippen MR) is 143 cm³/mol. The van der Waals surface area contributed by atoms with E-state index in [1.165, 1.54) is 72.1 Å². The largest absolute Gasteiger partial charge is 0.425 e. The molecular formula is C23H26N4O9S2. The van der Waals surface area contributed by atoms with Gasteiger partial charge in [0.15, 0.2) is 0 Å². The van der Waals surface area contributed by atoms with Gasteiger partial charge in [-0.1, -0.05) is 0 Å². The molecule has 0 heterocycles. The molecule has 0 aliphatic carbocycles. The molecular weight excluding hydrogens is 540 g/mol. The van der Waals surface area contributed by atoms with E-state index >= 15 is 0 Å². The topological polar surface area (TPSA) is 180 Å². The molecule has 2 atom stereocenters. The third-order valence-corrected chi connectivity index (χ3v) is 6.22. The van der Waals surface area contributed by atoms with Crippen molar-refractivity contribution in [2.45, 2.75) is 24.9 Å². The van der Waals surface area contributed by atoms with Crippen LogP contribution >= 0.6 is 23.5 Å². The quantitative estimate of drug-likeness (QED) is 0.148. The molecule has 2 aromatic carbocycles. The van der Waals surface area contributed by atoms with Gasteiger partial charge in [-0.15, -0.1) is 0 Å². The third-order valence-electron chi connectivity index (χ3n) is 4.93. The minimum atomic E-state index is -1.07. The molecule has 0 radical (unpaired) electrons. The lowest BCUT2D eigenvalue weighted by Crippen LogP contribution is -2.52. The van der Waals surface area contributed by atoms with Gasteiger partial charge in [-0.05, 0) is 61.1 Å². The number of thioether (sulfide) groups is 2. The number of nitrogens with zero attached hydrogens (tertiary/aromatic N) is 2. The zero-order chi connectivity index (χ0) is 28.1. The number of rotatable bonds is 14. The number of non-ortho nitro benzene ring substituents is 2. The standard InChI is InChI=1S/C23H26N4O9S2/c1-37-13-11-19(21(28)35-17-7-3-15(4-8-17)26(31)32)24-23(30)25-20(12-14-38-2)22(29)36-18-9-5-16(6-10-18)27(33)34/h3-10,19-20H,11-14H2,1-2H3,(H2,24,25,30)/t19-,20-/m0/s1. The Morgan fingerprint density at radius 2 is 1.08 bits per heavy atom. The van der Waals surface area contributed by atoms with Crippen LogP contribution in [0.5, 0.6) is 11.5 Å². The zero-order valence-corrected chi connectivity index (χ0v) is 22.1. The Morgan fingerprint density at radius 3 is 1.37 bits per heavy atom. The van der Waals surface area contributed by atoms with Gasteiger partial charge >= 0.3 is 18.0 Å². The van der Waals surface area contributed by atoms with E-state index in [1.54, 1.807) is 0 Å². The Hall–Kier alpha value is -3.85. The second kappa shape index (κ2) is 15.4. The number of nitro benzene ring substituents is 2. The highest BCUT2D eigenvalue weighted by Crippen LogP contribution is 2.19. The first-order chi connectivity index (χ1) is 18.1. The van der Waals surface area contributed by atoms with Crippen LogP contribution in [0.2, 0.25) is 0 Å². The smallest absolute Gasteiger partial charge is 0.334 e. The Labute approximate surface area is 226 Å². The molecule has 0 aliphatic rings. The molecule has 2 rings (SSSR count). The molecule has 2 amide bonds. The number of urea groups is 1. The van der Waals surface area contributed by atoms with Crippen molar-refractivity contribution in [2.75, 3.05) is 24.0 Å². The molecule has 204 valence electrons. The van der Waals surface area contributed by atoms with E-state index < -0.39 is 39.9 Å². The lowest BCUT2D eigenvalue weighted by atomic mass is 10.2. The Balaban J connectivity index is 2.05. The van der Waals surface area contributed by atoms with E-state index in [9.17, 15) is 34.6 Å². The number of amides is 2. The van der Waals surface area contributed by atoms with Crippen LogP contribution in [0.1, 0.15) is 12.8 Å². The third kappa shape index (κ3) is 9.89. The molecule has 38 heavy (non-hydrogen) atoms. The number of benzene rings is 2. The van der Waals surface area contributed by atoms with Crippen molar-refractivity contribution >= 4 is 52.9 Å². The normalized spacial score (nSPS) is 12.1. The van der Waals surface area contributed by atoms with Crippen LogP contribution in [0.3, 0.4) is 0 Å². The summed E-state index contributed by atoms with van der Waals surface area (Å²) >= 11 is 2.89. The van der Waals surface area contributed by atoms with Crippen molar-refractivity contribution < 1.29 is 33.7 Å². The van der Waals surface area contributed by atoms with Crippen LogP contribution in [0, 0.1) is 20.2 Å². The summed E-state index contributed by atoms with van der Waals surface area (Å²) < 4.78 is 10.6. The number of hydrogen-bond donors (Lipinski definition) is 2. The van der Waals surface area contributed by atoms with E-state index in [-0.39, 0.29) is 35.7 Å². The SMILES string of the molecule is CSCC[C@H](NC(=O)N[C@@H](CCSC)C(=O)Oc1ccc([N+](=O)[O-])cc1)C(=O)Oc1ccc([N+](=O)[O-])cc1. The minimum absolute atomic E-state index is 0.0708. The van der Waals surface area contributed by atoms with Gasteiger partial charge in [0, 0.05) is 24.3 Å². The lowest BCUT2D eigenvalue weighted by molar-refractivity contribution is -0.385. The van der Waals surface area contributed by atoms with E-state index in [4.69, 9.17) is 9.47 Å². The van der Waals surface area contributed by atoms with Gasteiger partial charge in [0.1, 0.15) is 23.6 Å². The first kappa shape index (κ1) is 30.4. The molecule has 0 spiro atoms. The summed E-state index contributed by atoms with van der Waals surface area (Å²) in [5.74, 6) is -0.395. The van der Waals surface area contributed by atoms with Crippen LogP contribution < -0.4 is 20.1 Å². The Bertz CT molecular complexity index is 1040. The average Bonchev–Trinajstić information content (AvgIpc) is 2.89. The van der Waals surface area contributed by atoms with Gasteiger partial charge < -0.3 is 20.1 Å². The highest BCUT2D eigenvalue weighted by molar-refractivity contribution is 7.98. The second-order valence-corrected chi connectivity index (χ2v) is 9.60. The van der Waals surface area contributed by atoms with Crippen molar-refractivity contribution in [1.29, 1.82) is 0 Å². The maximum Gasteiger partial charge on any atom is 0.334 e. The number of carbonyl (C=O) groups excluding carboxylic acids is 3. The van der Waals surface area contributed by atoms with Crippen molar-refractivity contribution in [3.8, 4) is 11.5 Å². The van der Waals surface area contributed by atoms with Crippen LogP contribution in [0.25, 0.3) is 0 Å². The second-order valence-electron chi connectivity index (χ2n) is 7.63. The maximum absolute atomic E-state index is 12.7. The van der Waals surface area contributed by atoms with E-state index in [0.717, 1.165) is 0 Å². The van der Waals surface area contributed by atoms with Crippen molar-refractivity contribution in [3.05, 3.63) is 68.8 Å². The molecule has 0 unspecified atom stereocenters. The van der Waals surface area contributed by atoms with Crippen LogP contribution in [0.4, 0.5) is 16.2 Å². The number of hydrogen-bond acceptors (Lipinski definition) is 11. The molecule has 0 saturated carbocycles. The average molecular weight is 567 g/mol. The zero-order valence-electron chi connectivity index (χ0n) is 20.5. The lowest BCUT2D eigenvalue weighted by Gasteiger charge is -2.21. The van der Waals surface area contributed by atoms with Gasteiger partial charge in [-0.3, -0.25) is 20.2 Å². The molecule has 0 bridgehead atoms. The molecule has 15 heteroatoms. The van der Waals surface area contributed by atoms with Crippen molar-refractivity contribution in [2.24, 2.45) is 0 Å². The van der Waals surface area contributed by atoms with Crippen molar-refractivity contribution in [1.82, 2.24) is 10.6 Å². The number of nitro groups is 2. The number of carbonyl (C=O) groups is 3. The predicted octanol–water partition coefficient (Wildman–Crippen LogP) is 3.56. The summed E-state index contributed by atoms with van der Waals surface area (Å²) in [4.78, 5) is 58.6. The van der Waals surface area contributed by atoms with Crippen LogP contribution in [-0.2, 0) is 9.59 Å². The molecule has 2 N–H and O–H groups in total. The molecule has 13 nitrogen and oxygen atoms in total. The monoisotopic (exact) mass is 566 g/mol. The van der Waals surface area contributed by atoms with Gasteiger partial charge in [-0.25, -0.2) is 14.4 Å². The Kier molecular flexibility index (Phi) is 12.3. The molecule has 0 aromatic heterocycles. The summed E-state index contributed by atoms with van der Waals surface area (Å²) in [6.45, 7) is 0. The van der Waals surface area contributed by atoms with Gasteiger partial charge in [0.25, 0.3) is 11.4 Å². The summed E-state index contributed by atoms with van der Waals surface area (Å²) in [5.41, 5.74) is -0.337. The fourth-order valence-corrected chi connectivity index (χ4v) is 3.92. The number of ether oxygens (including phenoxy) is 2. The van der Waals surface area contributed by atoms with Crippen molar-refractivity contribution in [3.63, 3.8) is 0 Å². The Morgan fingerprint density at radius 1 is 0.737 bits per heavy atom. The minimum Gasteiger partial charge on any atom is -0.425 e. The fourth-order valence-electron chi connectivity index (χ4n) is 2.97. The molecule has 0 saturated heterocycles. The first-order valence-electron chi connectivity index (χ1n) is 11.1. The van der Waals surface area contributed by atoms with E-state index in [2.05, 4.69) is 10.6 Å². The van der Waals surface area contributed by atoms with E-state index in [0.29, 0.717) is 11.5 Å². The highest BCUT2D eigenvalue weighted by atomic mass is 32.2. The summed E-state index contributed by atoms with van der Waals surface area (Å²) in [5, 5.41) is 26.6. The molecule has 2 aromatic rings. The molecule has 0 aliphatic heterocycles. The van der Waals surface area contributed by atoms with Crippen LogP contribution in [0.15, 0.2) is 48.5 Å². The number of esters is 2. The summed E-state index contributed by atoms with van der Waals surface area (Å²) in [7, 11) is 0. The van der Waals surface area contributed by atoms with Gasteiger partial charge in [0.05, 0.1) is 9.85 Å². The summed E-state index contributed by atoms with van der Waals surface area (Å²) in [6, 6.07) is 6.90. The first-order valence-corrected chi connectivity index (χ1v) is 13.9. The van der Waals surface area contributed by atoms with E-state index in [1.807, 2.05) is 12.5 Å².